The zero-order chi connectivity index (χ0) is 12.7. The van der Waals surface area contributed by atoms with Crippen LogP contribution in [-0.4, -0.2) is 20.7 Å². The Morgan fingerprint density at radius 2 is 2.22 bits per heavy atom. The van der Waals surface area contributed by atoms with E-state index in [9.17, 15) is 9.18 Å². The van der Waals surface area contributed by atoms with Crippen molar-refractivity contribution in [2.45, 2.75) is 18.9 Å². The molecule has 1 amide bonds. The number of benzene rings is 1. The molecule has 18 heavy (non-hydrogen) atoms. The molecule has 5 nitrogen and oxygen atoms in total. The predicted molar refractivity (Wildman–Crippen MR) is 61.4 cm³/mol. The molecule has 3 rings (SSSR count). The molecule has 1 aromatic heterocycles. The van der Waals surface area contributed by atoms with E-state index in [-0.39, 0.29) is 17.7 Å². The number of fused-ring (bicyclic) bond motifs is 1. The smallest absolute Gasteiger partial charge is 0.288 e. The number of hydrogen-bond acceptors (Lipinski definition) is 3. The minimum absolute atomic E-state index is 0.00830. The molecule has 1 aliphatic rings. The molecular formula is C12H11FN4O. The summed E-state index contributed by atoms with van der Waals surface area (Å²) >= 11 is 0. The molecule has 1 unspecified atom stereocenters. The van der Waals surface area contributed by atoms with E-state index in [0.717, 1.165) is 6.42 Å². The number of hydrogen-bond donors (Lipinski definition) is 1. The quantitative estimate of drug-likeness (QED) is 0.860. The first-order chi connectivity index (χ1) is 8.66. The molecule has 0 radical (unpaired) electrons. The molecule has 92 valence electrons. The lowest BCUT2D eigenvalue weighted by atomic mass is 10.0. The molecule has 1 aliphatic heterocycles. The van der Waals surface area contributed by atoms with Gasteiger partial charge in [-0.05, 0) is 12.5 Å². The second kappa shape index (κ2) is 3.90. The molecule has 0 saturated heterocycles. The number of carbonyl (C=O) groups is 1. The Labute approximate surface area is 102 Å². The van der Waals surface area contributed by atoms with Crippen molar-refractivity contribution < 1.29 is 9.18 Å². The Bertz CT molecular complexity index is 622. The topological polar surface area (TPSA) is 73.8 Å². The number of amides is 1. The van der Waals surface area contributed by atoms with Crippen molar-refractivity contribution >= 4 is 5.91 Å². The third-order valence-electron chi connectivity index (χ3n) is 3.12. The van der Waals surface area contributed by atoms with Crippen LogP contribution in [0.4, 0.5) is 4.39 Å². The lowest BCUT2D eigenvalue weighted by Gasteiger charge is -2.12. The number of halogens is 1. The summed E-state index contributed by atoms with van der Waals surface area (Å²) in [6.45, 7) is 0. The Morgan fingerprint density at radius 3 is 2.94 bits per heavy atom. The largest absolute Gasteiger partial charge is 0.363 e. The van der Waals surface area contributed by atoms with Gasteiger partial charge in [0.2, 0.25) is 5.82 Å². The summed E-state index contributed by atoms with van der Waals surface area (Å²) in [5.74, 6) is -0.265. The van der Waals surface area contributed by atoms with Crippen molar-refractivity contribution in [1.29, 1.82) is 0 Å². The van der Waals surface area contributed by atoms with Gasteiger partial charge in [-0.15, -0.1) is 5.10 Å². The fraction of sp³-hybridized carbons (Fsp3) is 0.250. The lowest BCUT2D eigenvalue weighted by molar-refractivity contribution is 0.0990. The van der Waals surface area contributed by atoms with Gasteiger partial charge in [0.25, 0.3) is 5.91 Å². The van der Waals surface area contributed by atoms with Gasteiger partial charge >= 0.3 is 0 Å². The van der Waals surface area contributed by atoms with Gasteiger partial charge in [-0.1, -0.05) is 18.2 Å². The van der Waals surface area contributed by atoms with E-state index in [1.807, 2.05) is 0 Å². The number of aromatic nitrogens is 3. The number of carbonyl (C=O) groups excluding carboxylic acids is 1. The van der Waals surface area contributed by atoms with Gasteiger partial charge in [-0.25, -0.2) is 14.1 Å². The fourth-order valence-corrected chi connectivity index (χ4v) is 2.30. The van der Waals surface area contributed by atoms with Crippen LogP contribution >= 0.6 is 0 Å². The van der Waals surface area contributed by atoms with Crippen LogP contribution in [0, 0.1) is 5.82 Å². The third-order valence-corrected chi connectivity index (χ3v) is 3.12. The van der Waals surface area contributed by atoms with E-state index in [2.05, 4.69) is 10.1 Å². The number of aryl methyl sites for hydroxylation is 1. The van der Waals surface area contributed by atoms with Gasteiger partial charge in [0, 0.05) is 12.0 Å². The van der Waals surface area contributed by atoms with Gasteiger partial charge in [0.15, 0.2) is 0 Å². The standard InChI is InChI=1S/C12H11FN4O/c13-8-4-2-1-3-7(8)9-5-6-10-15-12(11(14)18)16-17(9)10/h1-4,9H,5-6H2,(H2,14,18). The van der Waals surface area contributed by atoms with Crippen molar-refractivity contribution in [1.82, 2.24) is 14.8 Å². The predicted octanol–water partition coefficient (Wildman–Crippen LogP) is 1.05. The maximum Gasteiger partial charge on any atom is 0.288 e. The van der Waals surface area contributed by atoms with Gasteiger partial charge < -0.3 is 5.73 Å². The first-order valence-electron chi connectivity index (χ1n) is 5.66. The molecule has 0 aliphatic carbocycles. The Kier molecular flexibility index (Phi) is 2.36. The molecule has 6 heteroatoms. The Hall–Kier alpha value is -2.24. The first kappa shape index (κ1) is 10.9. The first-order valence-corrected chi connectivity index (χ1v) is 5.66. The van der Waals surface area contributed by atoms with E-state index in [1.165, 1.54) is 6.07 Å². The monoisotopic (exact) mass is 246 g/mol. The maximum atomic E-state index is 13.7. The number of rotatable bonds is 2. The molecule has 0 fully saturated rings. The highest BCUT2D eigenvalue weighted by Gasteiger charge is 2.29. The van der Waals surface area contributed by atoms with Crippen LogP contribution in [0.1, 0.15) is 34.5 Å². The molecule has 1 atom stereocenters. The van der Waals surface area contributed by atoms with Crippen LogP contribution in [0.2, 0.25) is 0 Å². The second-order valence-corrected chi connectivity index (χ2v) is 4.24. The van der Waals surface area contributed by atoms with Gasteiger partial charge in [-0.3, -0.25) is 4.79 Å². The van der Waals surface area contributed by atoms with Crippen molar-refractivity contribution in [2.24, 2.45) is 5.73 Å². The summed E-state index contributed by atoms with van der Waals surface area (Å²) in [6.07, 6.45) is 1.40. The fourth-order valence-electron chi connectivity index (χ4n) is 2.30. The van der Waals surface area contributed by atoms with Gasteiger partial charge in [0.1, 0.15) is 11.6 Å². The average Bonchev–Trinajstić information content (AvgIpc) is 2.89. The van der Waals surface area contributed by atoms with Crippen LogP contribution in [-0.2, 0) is 6.42 Å². The van der Waals surface area contributed by atoms with Crippen molar-refractivity contribution in [2.75, 3.05) is 0 Å². The number of nitrogens with zero attached hydrogens (tertiary/aromatic N) is 3. The average molecular weight is 246 g/mol. The summed E-state index contributed by atoms with van der Waals surface area (Å²) in [5, 5.41) is 4.05. The summed E-state index contributed by atoms with van der Waals surface area (Å²) < 4.78 is 15.3. The lowest BCUT2D eigenvalue weighted by Crippen LogP contribution is -2.15. The van der Waals surface area contributed by atoms with E-state index in [4.69, 9.17) is 5.73 Å². The summed E-state index contributed by atoms with van der Waals surface area (Å²) in [6, 6.07) is 6.36. The minimum atomic E-state index is -0.663. The molecule has 0 bridgehead atoms. The molecular weight excluding hydrogens is 235 g/mol. The SMILES string of the molecule is NC(=O)c1nc2n(n1)C(c1ccccc1F)CC2. The molecule has 2 heterocycles. The second-order valence-electron chi connectivity index (χ2n) is 4.24. The van der Waals surface area contributed by atoms with Crippen LogP contribution in [0.3, 0.4) is 0 Å². The van der Waals surface area contributed by atoms with E-state index in [0.29, 0.717) is 17.8 Å². The zero-order valence-electron chi connectivity index (χ0n) is 9.51. The molecule has 0 saturated carbocycles. The summed E-state index contributed by atoms with van der Waals surface area (Å²) in [5.41, 5.74) is 5.70. The number of primary amides is 1. The summed E-state index contributed by atoms with van der Waals surface area (Å²) in [4.78, 5) is 15.1. The zero-order valence-corrected chi connectivity index (χ0v) is 9.51. The van der Waals surface area contributed by atoms with Crippen LogP contribution in [0.25, 0.3) is 0 Å². The van der Waals surface area contributed by atoms with Gasteiger partial charge in [0.05, 0.1) is 6.04 Å². The number of nitrogens with two attached hydrogens (primary N) is 1. The van der Waals surface area contributed by atoms with Crippen molar-refractivity contribution in [3.05, 3.63) is 47.3 Å². The van der Waals surface area contributed by atoms with Crippen LogP contribution in [0.5, 0.6) is 0 Å². The van der Waals surface area contributed by atoms with E-state index < -0.39 is 5.91 Å². The van der Waals surface area contributed by atoms with Crippen molar-refractivity contribution in [3.63, 3.8) is 0 Å². The van der Waals surface area contributed by atoms with Crippen molar-refractivity contribution in [3.8, 4) is 0 Å². The normalized spacial score (nSPS) is 17.7. The summed E-state index contributed by atoms with van der Waals surface area (Å²) in [7, 11) is 0. The molecule has 2 N–H and O–H groups in total. The molecule has 2 aromatic rings. The molecule has 0 spiro atoms. The molecule has 1 aromatic carbocycles. The highest BCUT2D eigenvalue weighted by molar-refractivity contribution is 5.88. The van der Waals surface area contributed by atoms with E-state index in [1.54, 1.807) is 22.9 Å². The highest BCUT2D eigenvalue weighted by atomic mass is 19.1. The minimum Gasteiger partial charge on any atom is -0.363 e. The van der Waals surface area contributed by atoms with Crippen LogP contribution < -0.4 is 5.73 Å². The van der Waals surface area contributed by atoms with Crippen LogP contribution in [0.15, 0.2) is 24.3 Å². The highest BCUT2D eigenvalue weighted by Crippen LogP contribution is 2.31. The third kappa shape index (κ3) is 1.57. The Balaban J connectivity index is 2.04. The maximum absolute atomic E-state index is 13.7. The Morgan fingerprint density at radius 1 is 1.44 bits per heavy atom. The van der Waals surface area contributed by atoms with E-state index >= 15 is 0 Å². The van der Waals surface area contributed by atoms with Gasteiger partial charge in [-0.2, -0.15) is 0 Å².